The Kier molecular flexibility index (Phi) is 16.5. The second-order valence-corrected chi connectivity index (χ2v) is 19.7. The number of benzene rings is 4. The van der Waals surface area contributed by atoms with Gasteiger partial charge in [0.25, 0.3) is 0 Å². The first-order chi connectivity index (χ1) is 39.3. The fourth-order valence-corrected chi connectivity index (χ4v) is 9.74. The predicted molar refractivity (Wildman–Crippen MR) is 289 cm³/mol. The Morgan fingerprint density at radius 1 is 0.646 bits per heavy atom. The number of primary amides is 2. The van der Waals surface area contributed by atoms with Gasteiger partial charge >= 0.3 is 24.4 Å². The molecule has 426 valence electrons. The van der Waals surface area contributed by atoms with Crippen LogP contribution < -0.4 is 36.6 Å². The third kappa shape index (κ3) is 13.8. The molecular formula is C56H54F6N14O6. The van der Waals surface area contributed by atoms with E-state index in [1.54, 1.807) is 59.7 Å². The largest absolute Gasteiger partial charge is 0.439 e. The van der Waals surface area contributed by atoms with Gasteiger partial charge in [0.2, 0.25) is 23.6 Å². The molecule has 11 rings (SSSR count). The molecule has 6 heterocycles. The smallest absolute Gasteiger partial charge is 0.416 e. The second kappa shape index (κ2) is 24.0. The zero-order chi connectivity index (χ0) is 57.7. The summed E-state index contributed by atoms with van der Waals surface area (Å²) in [6, 6.07) is 24.6. The van der Waals surface area contributed by atoms with Gasteiger partial charge in [-0.2, -0.15) is 26.3 Å². The summed E-state index contributed by atoms with van der Waals surface area (Å²) in [5.74, 6) is 0.209. The van der Waals surface area contributed by atoms with Crippen LogP contribution in [0, 0.1) is 0 Å². The summed E-state index contributed by atoms with van der Waals surface area (Å²) >= 11 is 0. The van der Waals surface area contributed by atoms with Crippen molar-refractivity contribution in [1.29, 1.82) is 0 Å². The van der Waals surface area contributed by atoms with Crippen molar-refractivity contribution in [2.75, 3.05) is 62.7 Å². The number of nitrogens with one attached hydrogen (secondary N) is 2. The first-order valence-corrected chi connectivity index (χ1v) is 26.0. The number of alkyl halides is 6. The van der Waals surface area contributed by atoms with Gasteiger partial charge in [-0.05, 0) is 97.3 Å². The number of nitrogens with zero attached hydrogens (tertiary/aromatic N) is 10. The average Bonchev–Trinajstić information content (AvgIpc) is 4.28. The molecule has 4 amide bonds. The van der Waals surface area contributed by atoms with Crippen LogP contribution in [-0.2, 0) is 41.3 Å². The van der Waals surface area contributed by atoms with Gasteiger partial charge in [-0.25, -0.2) is 39.5 Å². The van der Waals surface area contributed by atoms with E-state index in [2.05, 4.69) is 40.4 Å². The molecule has 8 aromatic rings. The molecule has 0 spiro atoms. The van der Waals surface area contributed by atoms with E-state index < -0.39 is 47.4 Å². The van der Waals surface area contributed by atoms with Crippen LogP contribution in [0.5, 0.6) is 23.3 Å². The average molecular weight is 1130 g/mol. The molecule has 3 aliphatic rings. The number of carbonyl (C=O) groups excluding carboxylic acids is 4. The van der Waals surface area contributed by atoms with Crippen molar-refractivity contribution in [3.05, 3.63) is 156 Å². The van der Waals surface area contributed by atoms with E-state index in [0.29, 0.717) is 76.9 Å². The van der Waals surface area contributed by atoms with Gasteiger partial charge < -0.3 is 31.6 Å². The highest BCUT2D eigenvalue weighted by molar-refractivity contribution is 6.00. The van der Waals surface area contributed by atoms with Gasteiger partial charge in [-0.1, -0.05) is 12.1 Å². The first-order valence-electron chi connectivity index (χ1n) is 26.0. The summed E-state index contributed by atoms with van der Waals surface area (Å²) in [5.41, 5.74) is 11.1. The van der Waals surface area contributed by atoms with Gasteiger partial charge in [0.05, 0.1) is 52.1 Å². The van der Waals surface area contributed by atoms with Crippen LogP contribution in [0.4, 0.5) is 47.3 Å². The third-order valence-corrected chi connectivity index (χ3v) is 13.8. The van der Waals surface area contributed by atoms with E-state index in [4.69, 9.17) is 20.9 Å². The SMILES string of the molecule is NC(=O)Cc1cc(Oc2ccc3c(ccn3C(=O)N(c3cccc(C(F)(F)F)c3)N3CCNCC3)c2)ncn1.NC(=O)Cc1cc(Oc2ccc3c(ccn3C(=O)Nc3ccc(CN4CCN(C5CC5)CC4)c(C(F)(F)F)c3)c2)ncn1. The van der Waals surface area contributed by atoms with Crippen molar-refractivity contribution >= 4 is 57.1 Å². The summed E-state index contributed by atoms with van der Waals surface area (Å²) < 4.78 is 96.8. The number of rotatable bonds is 14. The Balaban J connectivity index is 0.000000185. The maximum atomic E-state index is 14.1. The number of fused-ring (bicyclic) bond motifs is 2. The normalized spacial score (nSPS) is 15.4. The Hall–Kier alpha value is -8.98. The Morgan fingerprint density at radius 2 is 1.23 bits per heavy atom. The quantitative estimate of drug-likeness (QED) is 0.0752. The zero-order valence-corrected chi connectivity index (χ0v) is 43.7. The molecule has 3 fully saturated rings. The van der Waals surface area contributed by atoms with Crippen LogP contribution in [0.15, 0.2) is 128 Å². The molecule has 82 heavy (non-hydrogen) atoms. The molecule has 0 unspecified atom stereocenters. The number of ether oxygens (including phenoxy) is 2. The minimum absolute atomic E-state index is 0.0527. The summed E-state index contributed by atoms with van der Waals surface area (Å²) in [7, 11) is 0. The highest BCUT2D eigenvalue weighted by Gasteiger charge is 2.37. The Bertz CT molecular complexity index is 3650. The van der Waals surface area contributed by atoms with E-state index in [1.165, 1.54) is 82.2 Å². The second-order valence-electron chi connectivity index (χ2n) is 19.7. The molecule has 1 aliphatic carbocycles. The summed E-state index contributed by atoms with van der Waals surface area (Å²) in [5, 5.41) is 10.1. The molecule has 4 aromatic carbocycles. The third-order valence-electron chi connectivity index (χ3n) is 13.8. The lowest BCUT2D eigenvalue weighted by Gasteiger charge is -2.37. The number of hydrogen-bond donors (Lipinski definition) is 4. The number of halogens is 6. The highest BCUT2D eigenvalue weighted by atomic mass is 19.4. The van der Waals surface area contributed by atoms with E-state index in [1.807, 2.05) is 0 Å². The van der Waals surface area contributed by atoms with Gasteiger partial charge in [0.15, 0.2) is 0 Å². The molecule has 6 N–H and O–H groups in total. The van der Waals surface area contributed by atoms with E-state index in [9.17, 15) is 45.5 Å². The minimum Gasteiger partial charge on any atom is -0.439 e. The number of hydrogen-bond acceptors (Lipinski definition) is 14. The van der Waals surface area contributed by atoms with Crippen LogP contribution in [-0.4, -0.2) is 126 Å². The number of piperazine rings is 2. The van der Waals surface area contributed by atoms with Crippen molar-refractivity contribution in [2.45, 2.75) is 50.6 Å². The molecule has 0 radical (unpaired) electrons. The zero-order valence-electron chi connectivity index (χ0n) is 43.7. The van der Waals surface area contributed by atoms with Crippen molar-refractivity contribution < 1.29 is 55.0 Å². The lowest BCUT2D eigenvalue weighted by molar-refractivity contribution is -0.139. The van der Waals surface area contributed by atoms with Crippen molar-refractivity contribution in [2.24, 2.45) is 11.5 Å². The van der Waals surface area contributed by atoms with Gasteiger partial charge in [0.1, 0.15) is 24.2 Å². The van der Waals surface area contributed by atoms with Crippen molar-refractivity contribution in [3.63, 3.8) is 0 Å². The lowest BCUT2D eigenvalue weighted by Crippen LogP contribution is -2.55. The van der Waals surface area contributed by atoms with Crippen LogP contribution in [0.3, 0.4) is 0 Å². The number of anilines is 2. The summed E-state index contributed by atoms with van der Waals surface area (Å²) in [4.78, 5) is 69.8. The van der Waals surface area contributed by atoms with Crippen LogP contribution in [0.2, 0.25) is 0 Å². The minimum atomic E-state index is -4.56. The number of aromatic nitrogens is 6. The van der Waals surface area contributed by atoms with Crippen molar-refractivity contribution in [1.82, 2.24) is 49.2 Å². The molecule has 20 nitrogen and oxygen atoms in total. The lowest BCUT2D eigenvalue weighted by atomic mass is 10.0. The Morgan fingerprint density at radius 3 is 1.79 bits per heavy atom. The summed E-state index contributed by atoms with van der Waals surface area (Å²) in [6.07, 6.45) is -1.17. The van der Waals surface area contributed by atoms with Crippen molar-refractivity contribution in [3.8, 4) is 23.3 Å². The number of carbonyl (C=O) groups is 4. The van der Waals surface area contributed by atoms with Gasteiger partial charge in [0, 0.05) is 106 Å². The molecule has 0 bridgehead atoms. The fourth-order valence-electron chi connectivity index (χ4n) is 9.74. The van der Waals surface area contributed by atoms with Gasteiger partial charge in [-0.3, -0.25) is 28.5 Å². The molecule has 1 saturated carbocycles. The molecular weight excluding hydrogens is 1080 g/mol. The number of nitrogens with two attached hydrogens (primary N) is 2. The van der Waals surface area contributed by atoms with Crippen LogP contribution in [0.1, 0.15) is 40.9 Å². The topological polar surface area (TPSA) is 237 Å². The molecule has 4 aromatic heterocycles. The van der Waals surface area contributed by atoms with E-state index >= 15 is 0 Å². The van der Waals surface area contributed by atoms with Crippen LogP contribution in [0.25, 0.3) is 21.8 Å². The van der Waals surface area contributed by atoms with Crippen LogP contribution >= 0.6 is 0 Å². The first kappa shape index (κ1) is 56.3. The number of hydrazine groups is 1. The molecule has 26 heteroatoms. The molecule has 2 saturated heterocycles. The maximum absolute atomic E-state index is 14.1. The van der Waals surface area contributed by atoms with Gasteiger partial charge in [-0.15, -0.1) is 0 Å². The monoisotopic (exact) mass is 1130 g/mol. The Labute approximate surface area is 464 Å². The molecule has 2 aliphatic heterocycles. The van der Waals surface area contributed by atoms with E-state index in [0.717, 1.165) is 44.4 Å². The predicted octanol–water partition coefficient (Wildman–Crippen LogP) is 8.20. The summed E-state index contributed by atoms with van der Waals surface area (Å²) in [6.45, 7) is 5.46. The maximum Gasteiger partial charge on any atom is 0.416 e. The van der Waals surface area contributed by atoms with E-state index in [-0.39, 0.29) is 48.1 Å². The highest BCUT2D eigenvalue weighted by Crippen LogP contribution is 2.37. The molecule has 0 atom stereocenters. The standard InChI is InChI=1S/C30H30F3N7O3.C26H24F3N7O3/c31-30(32,33)25-14-21(2-1-20(25)17-38-9-11-39(12-10-38)23-3-4-23)37-29(42)40-8-7-19-13-24(5-6-26(19)40)43-28-16-22(15-27(34)41)35-18-36-28;27-26(28,29)18-2-1-3-20(13-18)36(34-10-7-31-8-11-34)25(38)35-9-6-17-12-21(4-5-22(17)35)39-24-15-19(14-23(30)37)32-16-33-24/h1-2,5-8,13-14,16,18,23H,3-4,9-12,15,17H2,(H2,34,41)(H,37,42);1-6,9,12-13,15-16,31H,7-8,10-11,14H2,(H2,30,37). The number of amides is 4. The fraction of sp³-hybridized carbons (Fsp3) is 0.286.